The van der Waals surface area contributed by atoms with E-state index in [1.807, 2.05) is 0 Å². The third kappa shape index (κ3) is 3.88. The van der Waals surface area contributed by atoms with Gasteiger partial charge in [-0.2, -0.15) is 0 Å². The number of allylic oxidation sites excluding steroid dienone is 1. The Morgan fingerprint density at radius 2 is 2.06 bits per heavy atom. The SMILES string of the molecule is C=CCNC(=O)C1CCC(=CC(=O)O)CC1. The van der Waals surface area contributed by atoms with Gasteiger partial charge in [-0.1, -0.05) is 11.6 Å². The Labute approximate surface area is 95.0 Å². The molecule has 0 heterocycles. The summed E-state index contributed by atoms with van der Waals surface area (Å²) in [5, 5.41) is 11.4. The standard InChI is InChI=1S/C12H17NO3/c1-2-7-13-12(16)10-5-3-9(4-6-10)8-11(14)15/h2,8,10H,1,3-7H2,(H,13,16)(H,14,15). The predicted molar refractivity (Wildman–Crippen MR) is 60.9 cm³/mol. The molecule has 0 saturated heterocycles. The van der Waals surface area contributed by atoms with Crippen LogP contribution < -0.4 is 5.32 Å². The molecule has 0 atom stereocenters. The lowest BCUT2D eigenvalue weighted by Crippen LogP contribution is -2.32. The van der Waals surface area contributed by atoms with Crippen molar-refractivity contribution in [1.29, 1.82) is 0 Å². The number of aliphatic carboxylic acids is 1. The van der Waals surface area contributed by atoms with Crippen LogP contribution in [0, 0.1) is 5.92 Å². The second-order valence-corrected chi connectivity index (χ2v) is 3.95. The van der Waals surface area contributed by atoms with Gasteiger partial charge in [-0.15, -0.1) is 6.58 Å². The highest BCUT2D eigenvalue weighted by atomic mass is 16.4. The van der Waals surface area contributed by atoms with Gasteiger partial charge in [-0.25, -0.2) is 4.79 Å². The molecular weight excluding hydrogens is 206 g/mol. The van der Waals surface area contributed by atoms with E-state index in [1.165, 1.54) is 6.08 Å². The fourth-order valence-corrected chi connectivity index (χ4v) is 1.89. The summed E-state index contributed by atoms with van der Waals surface area (Å²) in [6.45, 7) is 4.03. The summed E-state index contributed by atoms with van der Waals surface area (Å²) in [5.41, 5.74) is 0.931. The van der Waals surface area contributed by atoms with Gasteiger partial charge in [0.1, 0.15) is 0 Å². The van der Waals surface area contributed by atoms with Crippen LogP contribution in [0.2, 0.25) is 0 Å². The quantitative estimate of drug-likeness (QED) is 0.560. The second-order valence-electron chi connectivity index (χ2n) is 3.95. The van der Waals surface area contributed by atoms with Crippen LogP contribution in [-0.4, -0.2) is 23.5 Å². The zero-order valence-corrected chi connectivity index (χ0v) is 9.24. The van der Waals surface area contributed by atoms with Crippen molar-refractivity contribution in [1.82, 2.24) is 5.32 Å². The van der Waals surface area contributed by atoms with Gasteiger partial charge in [0.2, 0.25) is 5.91 Å². The van der Waals surface area contributed by atoms with E-state index in [0.29, 0.717) is 19.4 Å². The fraction of sp³-hybridized carbons (Fsp3) is 0.500. The van der Waals surface area contributed by atoms with Crippen molar-refractivity contribution < 1.29 is 14.7 Å². The summed E-state index contributed by atoms with van der Waals surface area (Å²) in [6, 6.07) is 0. The minimum atomic E-state index is -0.899. The number of carboxylic acids is 1. The number of amides is 1. The van der Waals surface area contributed by atoms with Crippen LogP contribution in [0.25, 0.3) is 0 Å². The van der Waals surface area contributed by atoms with Crippen LogP contribution in [0.3, 0.4) is 0 Å². The van der Waals surface area contributed by atoms with E-state index < -0.39 is 5.97 Å². The van der Waals surface area contributed by atoms with Crippen molar-refractivity contribution in [3.05, 3.63) is 24.3 Å². The van der Waals surface area contributed by atoms with Gasteiger partial charge in [0.05, 0.1) is 0 Å². The number of carbonyl (C=O) groups is 2. The third-order valence-corrected chi connectivity index (χ3v) is 2.75. The Morgan fingerprint density at radius 1 is 1.44 bits per heavy atom. The third-order valence-electron chi connectivity index (χ3n) is 2.75. The molecule has 1 aliphatic carbocycles. The van der Waals surface area contributed by atoms with Crippen molar-refractivity contribution in [2.24, 2.45) is 5.92 Å². The van der Waals surface area contributed by atoms with Crippen LogP contribution >= 0.6 is 0 Å². The van der Waals surface area contributed by atoms with Crippen LogP contribution in [0.1, 0.15) is 25.7 Å². The largest absolute Gasteiger partial charge is 0.478 e. The summed E-state index contributed by atoms with van der Waals surface area (Å²) in [6.07, 6.45) is 5.80. The van der Waals surface area contributed by atoms with E-state index in [0.717, 1.165) is 18.4 Å². The first-order valence-corrected chi connectivity index (χ1v) is 5.44. The average molecular weight is 223 g/mol. The van der Waals surface area contributed by atoms with Crippen LogP contribution in [0.5, 0.6) is 0 Å². The summed E-state index contributed by atoms with van der Waals surface area (Å²) < 4.78 is 0. The summed E-state index contributed by atoms with van der Waals surface area (Å²) in [4.78, 5) is 22.0. The normalized spacial score (nSPS) is 20.0. The van der Waals surface area contributed by atoms with E-state index in [9.17, 15) is 9.59 Å². The molecule has 1 amide bonds. The number of hydrogen-bond donors (Lipinski definition) is 2. The highest BCUT2D eigenvalue weighted by Crippen LogP contribution is 2.28. The molecule has 88 valence electrons. The maximum atomic E-state index is 11.6. The predicted octanol–water partition coefficient (Wildman–Crippen LogP) is 1.49. The Hall–Kier alpha value is -1.58. The van der Waals surface area contributed by atoms with Gasteiger partial charge < -0.3 is 10.4 Å². The molecule has 4 nitrogen and oxygen atoms in total. The number of rotatable bonds is 4. The molecule has 1 rings (SSSR count). The van der Waals surface area contributed by atoms with E-state index in [2.05, 4.69) is 11.9 Å². The highest BCUT2D eigenvalue weighted by molar-refractivity contribution is 5.81. The highest BCUT2D eigenvalue weighted by Gasteiger charge is 2.22. The maximum Gasteiger partial charge on any atom is 0.328 e. The Balaban J connectivity index is 2.39. The van der Waals surface area contributed by atoms with E-state index in [1.54, 1.807) is 6.08 Å². The molecule has 0 unspecified atom stereocenters. The molecule has 0 radical (unpaired) electrons. The van der Waals surface area contributed by atoms with Crippen LogP contribution in [0.15, 0.2) is 24.3 Å². The lowest BCUT2D eigenvalue weighted by molar-refractivity contribution is -0.131. The molecule has 16 heavy (non-hydrogen) atoms. The van der Waals surface area contributed by atoms with Crippen LogP contribution in [0.4, 0.5) is 0 Å². The fourth-order valence-electron chi connectivity index (χ4n) is 1.89. The zero-order chi connectivity index (χ0) is 12.0. The molecule has 0 aliphatic heterocycles. The lowest BCUT2D eigenvalue weighted by atomic mass is 9.85. The summed E-state index contributed by atoms with van der Waals surface area (Å²) >= 11 is 0. The lowest BCUT2D eigenvalue weighted by Gasteiger charge is -2.22. The number of carbonyl (C=O) groups excluding carboxylic acids is 1. The van der Waals surface area contributed by atoms with Crippen molar-refractivity contribution in [2.75, 3.05) is 6.54 Å². The molecule has 0 aromatic rings. The molecule has 1 aliphatic rings. The minimum Gasteiger partial charge on any atom is -0.478 e. The second kappa shape index (κ2) is 6.10. The zero-order valence-electron chi connectivity index (χ0n) is 9.24. The molecule has 2 N–H and O–H groups in total. The van der Waals surface area contributed by atoms with Gasteiger partial charge >= 0.3 is 5.97 Å². The first kappa shape index (κ1) is 12.5. The van der Waals surface area contributed by atoms with Crippen molar-refractivity contribution in [3.8, 4) is 0 Å². The van der Waals surface area contributed by atoms with Crippen LogP contribution in [-0.2, 0) is 9.59 Å². The molecule has 4 heteroatoms. The molecule has 0 aromatic heterocycles. The summed E-state index contributed by atoms with van der Waals surface area (Å²) in [7, 11) is 0. The topological polar surface area (TPSA) is 66.4 Å². The Kier molecular flexibility index (Phi) is 4.76. The molecule has 0 aromatic carbocycles. The Bertz CT molecular complexity index is 310. The van der Waals surface area contributed by atoms with E-state index in [4.69, 9.17) is 5.11 Å². The first-order valence-electron chi connectivity index (χ1n) is 5.44. The molecule has 1 fully saturated rings. The molecule has 0 spiro atoms. The first-order chi connectivity index (χ1) is 7.63. The molecular formula is C12H17NO3. The van der Waals surface area contributed by atoms with Gasteiger partial charge in [-0.05, 0) is 25.7 Å². The van der Waals surface area contributed by atoms with E-state index in [-0.39, 0.29) is 11.8 Å². The number of nitrogens with one attached hydrogen (secondary N) is 1. The Morgan fingerprint density at radius 3 is 2.56 bits per heavy atom. The van der Waals surface area contributed by atoms with Gasteiger partial charge in [0.15, 0.2) is 0 Å². The monoisotopic (exact) mass is 223 g/mol. The average Bonchev–Trinajstić information content (AvgIpc) is 2.26. The van der Waals surface area contributed by atoms with Crippen molar-refractivity contribution in [2.45, 2.75) is 25.7 Å². The van der Waals surface area contributed by atoms with Gasteiger partial charge in [0.25, 0.3) is 0 Å². The smallest absolute Gasteiger partial charge is 0.328 e. The maximum absolute atomic E-state index is 11.6. The minimum absolute atomic E-state index is 0.0193. The molecule has 1 saturated carbocycles. The van der Waals surface area contributed by atoms with Gasteiger partial charge in [-0.3, -0.25) is 4.79 Å². The molecule has 0 bridgehead atoms. The number of carboxylic acid groups (broad SMARTS) is 1. The van der Waals surface area contributed by atoms with Gasteiger partial charge in [0, 0.05) is 18.5 Å². The van der Waals surface area contributed by atoms with Crippen molar-refractivity contribution in [3.63, 3.8) is 0 Å². The van der Waals surface area contributed by atoms with E-state index >= 15 is 0 Å². The number of hydrogen-bond acceptors (Lipinski definition) is 2. The van der Waals surface area contributed by atoms with Crippen molar-refractivity contribution >= 4 is 11.9 Å². The summed E-state index contributed by atoms with van der Waals surface area (Å²) in [5.74, 6) is -0.829.